The van der Waals surface area contributed by atoms with Crippen molar-refractivity contribution in [3.63, 3.8) is 0 Å². The van der Waals surface area contributed by atoms with Gasteiger partial charge in [0.2, 0.25) is 5.91 Å². The third-order valence-corrected chi connectivity index (χ3v) is 3.20. The van der Waals surface area contributed by atoms with Crippen molar-refractivity contribution >= 4 is 27.5 Å². The van der Waals surface area contributed by atoms with Crippen molar-refractivity contribution in [2.24, 2.45) is 5.73 Å². The molecule has 0 spiro atoms. The molecule has 1 aromatic carbocycles. The molecule has 1 aliphatic rings. The number of aromatic hydroxyl groups is 1. The average Bonchev–Trinajstić information content (AvgIpc) is 2.72. The molecule has 4 N–H and O–H groups in total. The van der Waals surface area contributed by atoms with Crippen LogP contribution in [0.3, 0.4) is 0 Å². The summed E-state index contributed by atoms with van der Waals surface area (Å²) in [6.07, 6.45) is 0.480. The van der Waals surface area contributed by atoms with Crippen LogP contribution in [0.25, 0.3) is 0 Å². The van der Waals surface area contributed by atoms with Gasteiger partial charge in [-0.25, -0.2) is 0 Å². The highest BCUT2D eigenvalue weighted by Gasteiger charge is 2.38. The normalized spacial score (nSPS) is 23.6. The van der Waals surface area contributed by atoms with Gasteiger partial charge in [-0.05, 0) is 24.6 Å². The first kappa shape index (κ1) is 12.3. The number of ether oxygens (including phenoxy) is 1. The topological polar surface area (TPSA) is 84.6 Å². The van der Waals surface area contributed by atoms with Crippen molar-refractivity contribution in [1.29, 1.82) is 0 Å². The maximum absolute atomic E-state index is 12.0. The lowest BCUT2D eigenvalue weighted by atomic mass is 9.99. The zero-order valence-electron chi connectivity index (χ0n) is 9.07. The lowest BCUT2D eigenvalue weighted by Gasteiger charge is -2.21. The summed E-state index contributed by atoms with van der Waals surface area (Å²) in [5.41, 5.74) is 5.24. The number of nitrogens with two attached hydrogens (primary N) is 1. The van der Waals surface area contributed by atoms with E-state index in [1.54, 1.807) is 12.1 Å². The number of phenols is 1. The number of hydrogen-bond acceptors (Lipinski definition) is 4. The molecule has 1 unspecified atom stereocenters. The molecular formula is C11H13BrN2O3. The first-order valence-electron chi connectivity index (χ1n) is 5.18. The number of anilines is 1. The smallest absolute Gasteiger partial charge is 0.247 e. The molecule has 2 rings (SSSR count). The Bertz CT molecular complexity index is 444. The van der Waals surface area contributed by atoms with E-state index in [4.69, 9.17) is 10.5 Å². The Morgan fingerprint density at radius 3 is 3.00 bits per heavy atom. The number of carbonyl (C=O) groups is 1. The second-order valence-corrected chi connectivity index (χ2v) is 4.99. The highest BCUT2D eigenvalue weighted by molar-refractivity contribution is 9.10. The van der Waals surface area contributed by atoms with Gasteiger partial charge >= 0.3 is 0 Å². The molecule has 6 heteroatoms. The second-order valence-electron chi connectivity index (χ2n) is 4.07. The van der Waals surface area contributed by atoms with Crippen LogP contribution in [0, 0.1) is 0 Å². The molecule has 1 aliphatic heterocycles. The minimum absolute atomic E-state index is 0.00376. The Morgan fingerprint density at radius 2 is 2.35 bits per heavy atom. The molecule has 0 aromatic heterocycles. The van der Waals surface area contributed by atoms with Gasteiger partial charge in [-0.2, -0.15) is 0 Å². The van der Waals surface area contributed by atoms with Gasteiger partial charge in [0, 0.05) is 11.1 Å². The fourth-order valence-electron chi connectivity index (χ4n) is 1.62. The predicted octanol–water partition coefficient (Wildman–Crippen LogP) is 1.21. The van der Waals surface area contributed by atoms with E-state index in [1.807, 2.05) is 0 Å². The van der Waals surface area contributed by atoms with Crippen LogP contribution in [0.15, 0.2) is 22.7 Å². The number of phenolic OH excluding ortho intramolecular Hbond substituents is 1. The first-order valence-corrected chi connectivity index (χ1v) is 5.97. The van der Waals surface area contributed by atoms with Crippen molar-refractivity contribution < 1.29 is 14.6 Å². The third-order valence-electron chi connectivity index (χ3n) is 2.71. The number of amides is 1. The van der Waals surface area contributed by atoms with E-state index >= 15 is 0 Å². The van der Waals surface area contributed by atoms with E-state index in [-0.39, 0.29) is 18.3 Å². The number of nitrogens with one attached hydrogen (secondary N) is 1. The number of halogens is 1. The molecule has 1 saturated heterocycles. The quantitative estimate of drug-likeness (QED) is 0.717. The maximum Gasteiger partial charge on any atom is 0.247 e. The monoisotopic (exact) mass is 300 g/mol. The predicted molar refractivity (Wildman–Crippen MR) is 66.8 cm³/mol. The summed E-state index contributed by atoms with van der Waals surface area (Å²) in [4.78, 5) is 12.0. The van der Waals surface area contributed by atoms with Gasteiger partial charge < -0.3 is 20.9 Å². The van der Waals surface area contributed by atoms with Crippen molar-refractivity contribution in [3.05, 3.63) is 22.7 Å². The molecule has 1 atom stereocenters. The Hall–Kier alpha value is -1.11. The molecule has 1 aromatic rings. The summed E-state index contributed by atoms with van der Waals surface area (Å²) >= 11 is 3.26. The second kappa shape index (κ2) is 4.64. The molecular weight excluding hydrogens is 288 g/mol. The van der Waals surface area contributed by atoms with Crippen molar-refractivity contribution in [2.75, 3.05) is 18.5 Å². The highest BCUT2D eigenvalue weighted by Crippen LogP contribution is 2.28. The lowest BCUT2D eigenvalue weighted by molar-refractivity contribution is -0.121. The van der Waals surface area contributed by atoms with Crippen LogP contribution < -0.4 is 11.1 Å². The summed E-state index contributed by atoms with van der Waals surface area (Å²) < 4.78 is 5.88. The molecule has 5 nitrogen and oxygen atoms in total. The Labute approximate surface area is 107 Å². The average molecular weight is 301 g/mol. The van der Waals surface area contributed by atoms with Gasteiger partial charge in [0.15, 0.2) is 0 Å². The van der Waals surface area contributed by atoms with Gasteiger partial charge in [-0.1, -0.05) is 15.9 Å². The van der Waals surface area contributed by atoms with Gasteiger partial charge in [0.1, 0.15) is 11.3 Å². The summed E-state index contributed by atoms with van der Waals surface area (Å²) in [7, 11) is 0. The summed E-state index contributed by atoms with van der Waals surface area (Å²) in [6, 6.07) is 4.79. The molecule has 17 heavy (non-hydrogen) atoms. The van der Waals surface area contributed by atoms with E-state index in [0.29, 0.717) is 18.7 Å². The van der Waals surface area contributed by atoms with Crippen LogP contribution in [0.2, 0.25) is 0 Å². The van der Waals surface area contributed by atoms with Gasteiger partial charge in [-0.15, -0.1) is 0 Å². The van der Waals surface area contributed by atoms with Crippen LogP contribution >= 0.6 is 15.9 Å². The minimum atomic E-state index is -1.01. The van der Waals surface area contributed by atoms with Crippen molar-refractivity contribution in [3.8, 4) is 5.75 Å². The Morgan fingerprint density at radius 1 is 1.59 bits per heavy atom. The van der Waals surface area contributed by atoms with Gasteiger partial charge in [0.25, 0.3) is 0 Å². The summed E-state index contributed by atoms with van der Waals surface area (Å²) in [6.45, 7) is 0.683. The van der Waals surface area contributed by atoms with Crippen molar-refractivity contribution in [2.45, 2.75) is 12.0 Å². The van der Waals surface area contributed by atoms with E-state index in [9.17, 15) is 9.90 Å². The molecule has 92 valence electrons. The molecule has 1 heterocycles. The standard InChI is InChI=1S/C11H13BrN2O3/c12-7-1-2-9(15)8(5-7)14-10(16)11(13)3-4-17-6-11/h1-2,5,15H,3-4,6,13H2,(H,14,16). The van der Waals surface area contributed by atoms with E-state index < -0.39 is 5.54 Å². The van der Waals surface area contributed by atoms with Gasteiger partial charge in [-0.3, -0.25) is 4.79 Å². The Balaban J connectivity index is 2.15. The van der Waals surface area contributed by atoms with Crippen LogP contribution in [0.4, 0.5) is 5.69 Å². The van der Waals surface area contributed by atoms with Crippen LogP contribution in [0.1, 0.15) is 6.42 Å². The summed E-state index contributed by atoms with van der Waals surface area (Å²) in [5.74, 6) is -0.340. The largest absolute Gasteiger partial charge is 0.506 e. The molecule has 1 fully saturated rings. The van der Waals surface area contributed by atoms with Crippen LogP contribution in [-0.2, 0) is 9.53 Å². The molecule has 1 amide bonds. The van der Waals surface area contributed by atoms with E-state index in [2.05, 4.69) is 21.2 Å². The highest BCUT2D eigenvalue weighted by atomic mass is 79.9. The third kappa shape index (κ3) is 2.59. The molecule has 0 saturated carbocycles. The van der Waals surface area contributed by atoms with Crippen LogP contribution in [0.5, 0.6) is 5.75 Å². The van der Waals surface area contributed by atoms with Gasteiger partial charge in [0.05, 0.1) is 12.3 Å². The lowest BCUT2D eigenvalue weighted by Crippen LogP contribution is -2.51. The minimum Gasteiger partial charge on any atom is -0.506 e. The molecule has 0 radical (unpaired) electrons. The fourth-order valence-corrected chi connectivity index (χ4v) is 1.98. The zero-order valence-corrected chi connectivity index (χ0v) is 10.7. The number of rotatable bonds is 2. The number of carbonyl (C=O) groups excluding carboxylic acids is 1. The Kier molecular flexibility index (Phi) is 3.37. The first-order chi connectivity index (χ1) is 8.01. The maximum atomic E-state index is 12.0. The molecule has 0 aliphatic carbocycles. The van der Waals surface area contributed by atoms with Crippen molar-refractivity contribution in [1.82, 2.24) is 0 Å². The zero-order chi connectivity index (χ0) is 12.5. The number of benzene rings is 1. The van der Waals surface area contributed by atoms with Crippen LogP contribution in [-0.4, -0.2) is 29.8 Å². The SMILES string of the molecule is NC1(C(=O)Nc2cc(Br)ccc2O)CCOC1. The van der Waals surface area contributed by atoms with E-state index in [0.717, 1.165) is 4.47 Å². The van der Waals surface area contributed by atoms with E-state index in [1.165, 1.54) is 6.07 Å². The number of hydrogen-bond donors (Lipinski definition) is 3. The summed E-state index contributed by atoms with van der Waals surface area (Å²) in [5, 5.41) is 12.2. The fraction of sp³-hybridized carbons (Fsp3) is 0.364. The molecule has 0 bridgehead atoms.